The number of benzene rings is 1. The maximum absolute atomic E-state index is 13.8. The first-order chi connectivity index (χ1) is 16.4. The molecule has 1 aliphatic carbocycles. The third-order valence-electron chi connectivity index (χ3n) is 7.35. The molecule has 5 rings (SSSR count). The lowest BCUT2D eigenvalue weighted by atomic mass is 9.80. The molecule has 1 N–H and O–H groups in total. The van der Waals surface area contributed by atoms with Crippen molar-refractivity contribution in [3.63, 3.8) is 0 Å². The van der Waals surface area contributed by atoms with Crippen molar-refractivity contribution < 1.29 is 23.5 Å². The van der Waals surface area contributed by atoms with Crippen LogP contribution in [0, 0.1) is 23.5 Å². The molecule has 0 bridgehead atoms. The van der Waals surface area contributed by atoms with Crippen molar-refractivity contribution in [3.8, 4) is 0 Å². The fourth-order valence-corrected chi connectivity index (χ4v) is 5.45. The second kappa shape index (κ2) is 9.16. The minimum absolute atomic E-state index is 0.0852. The quantitative estimate of drug-likeness (QED) is 0.598. The topological polar surface area (TPSA) is 75.4 Å². The van der Waals surface area contributed by atoms with E-state index in [1.165, 1.54) is 6.07 Å². The molecule has 34 heavy (non-hydrogen) atoms. The van der Waals surface area contributed by atoms with Crippen LogP contribution < -0.4 is 0 Å². The molecule has 1 saturated carbocycles. The Balaban J connectivity index is 1.36. The number of halogens is 2. The summed E-state index contributed by atoms with van der Waals surface area (Å²) in [5.74, 6) is -2.49. The van der Waals surface area contributed by atoms with Crippen molar-refractivity contribution >= 4 is 22.9 Å². The van der Waals surface area contributed by atoms with Crippen LogP contribution in [0.4, 0.5) is 8.78 Å². The highest BCUT2D eigenvalue weighted by Gasteiger charge is 2.31. The molecule has 2 aromatic heterocycles. The highest BCUT2D eigenvalue weighted by atomic mass is 19.2. The molecule has 6 nitrogen and oxygen atoms in total. The largest absolute Gasteiger partial charge is 0.481 e. The van der Waals surface area contributed by atoms with Crippen molar-refractivity contribution in [3.05, 3.63) is 65.0 Å². The lowest BCUT2D eigenvalue weighted by molar-refractivity contribution is -0.143. The lowest BCUT2D eigenvalue weighted by Crippen LogP contribution is -2.38. The van der Waals surface area contributed by atoms with Crippen LogP contribution in [0.1, 0.15) is 48.9 Å². The zero-order valence-electron chi connectivity index (χ0n) is 18.8. The number of carbonyl (C=O) groups is 2. The standard InChI is InChI=1S/C26H27F2N3O3/c27-21-8-5-17(12-22(21)28)14-31-23-15-30(11-9-19(23)20-2-1-10-29-25(20)31)24(32)13-16-3-6-18(7-4-16)26(33)34/h1-2,5,8,10,12,16,18H,3-4,6-7,9,11,13-15H2,(H,33,34)/t16-,18+. The summed E-state index contributed by atoms with van der Waals surface area (Å²) in [6, 6.07) is 7.80. The number of aliphatic carboxylic acids is 1. The Kier molecular flexibility index (Phi) is 6.06. The molecule has 0 saturated heterocycles. The number of rotatable bonds is 5. The molecular weight excluding hydrogens is 440 g/mol. The summed E-state index contributed by atoms with van der Waals surface area (Å²) >= 11 is 0. The number of carboxylic acid groups (broad SMARTS) is 1. The lowest BCUT2D eigenvalue weighted by Gasteiger charge is -2.31. The second-order valence-corrected chi connectivity index (χ2v) is 9.46. The summed E-state index contributed by atoms with van der Waals surface area (Å²) in [5.41, 5.74) is 3.53. The van der Waals surface area contributed by atoms with E-state index in [9.17, 15) is 23.5 Å². The third-order valence-corrected chi connectivity index (χ3v) is 7.35. The first-order valence-electron chi connectivity index (χ1n) is 11.8. The second-order valence-electron chi connectivity index (χ2n) is 9.46. The predicted molar refractivity (Wildman–Crippen MR) is 122 cm³/mol. The van der Waals surface area contributed by atoms with E-state index in [1.807, 2.05) is 21.6 Å². The maximum Gasteiger partial charge on any atom is 0.306 e. The van der Waals surface area contributed by atoms with Gasteiger partial charge in [-0.25, -0.2) is 13.8 Å². The van der Waals surface area contributed by atoms with Gasteiger partial charge in [0.15, 0.2) is 11.6 Å². The van der Waals surface area contributed by atoms with E-state index < -0.39 is 17.6 Å². The third kappa shape index (κ3) is 4.29. The number of hydrogen-bond acceptors (Lipinski definition) is 3. The summed E-state index contributed by atoms with van der Waals surface area (Å²) in [6.45, 7) is 1.40. The Labute approximate surface area is 196 Å². The summed E-state index contributed by atoms with van der Waals surface area (Å²) in [6.07, 6.45) is 5.65. The fraction of sp³-hybridized carbons (Fsp3) is 0.423. The highest BCUT2D eigenvalue weighted by molar-refractivity contribution is 5.84. The molecule has 1 aromatic carbocycles. The predicted octanol–water partition coefficient (Wildman–Crippen LogP) is 4.53. The summed E-state index contributed by atoms with van der Waals surface area (Å²) in [4.78, 5) is 30.8. The van der Waals surface area contributed by atoms with Gasteiger partial charge in [0.05, 0.1) is 12.5 Å². The van der Waals surface area contributed by atoms with Gasteiger partial charge >= 0.3 is 5.97 Å². The van der Waals surface area contributed by atoms with Gasteiger partial charge in [0.2, 0.25) is 5.91 Å². The first-order valence-corrected chi connectivity index (χ1v) is 11.8. The molecule has 0 atom stereocenters. The number of carboxylic acids is 1. The van der Waals surface area contributed by atoms with E-state index in [4.69, 9.17) is 0 Å². The molecule has 0 spiro atoms. The van der Waals surface area contributed by atoms with Crippen molar-refractivity contribution in [1.82, 2.24) is 14.5 Å². The number of pyridine rings is 1. The van der Waals surface area contributed by atoms with Gasteiger partial charge in [0.25, 0.3) is 0 Å². The number of aromatic nitrogens is 2. The maximum atomic E-state index is 13.8. The van der Waals surface area contributed by atoms with Crippen LogP contribution in [0.2, 0.25) is 0 Å². The normalized spacial score (nSPS) is 20.4. The Morgan fingerprint density at radius 3 is 2.62 bits per heavy atom. The minimum atomic E-state index is -0.884. The molecule has 3 aromatic rings. The molecule has 2 aliphatic rings. The van der Waals surface area contributed by atoms with Gasteiger partial charge in [-0.05, 0) is 73.4 Å². The number of amides is 1. The van der Waals surface area contributed by atoms with Gasteiger partial charge in [-0.2, -0.15) is 0 Å². The molecule has 1 fully saturated rings. The van der Waals surface area contributed by atoms with E-state index in [2.05, 4.69) is 4.98 Å². The van der Waals surface area contributed by atoms with Crippen molar-refractivity contribution in [2.24, 2.45) is 11.8 Å². The Morgan fingerprint density at radius 2 is 1.88 bits per heavy atom. The molecule has 1 aliphatic heterocycles. The number of carbonyl (C=O) groups excluding carboxylic acids is 1. The van der Waals surface area contributed by atoms with Gasteiger partial charge < -0.3 is 14.6 Å². The van der Waals surface area contributed by atoms with E-state index in [0.29, 0.717) is 50.9 Å². The SMILES string of the molecule is O=C(C[C@H]1CC[C@@H](C(=O)O)CC1)N1CCc2c(n(Cc3ccc(F)c(F)c3)c3ncccc23)C1. The van der Waals surface area contributed by atoms with E-state index >= 15 is 0 Å². The summed E-state index contributed by atoms with van der Waals surface area (Å²) < 4.78 is 29.3. The molecular formula is C26H27F2N3O3. The van der Waals surface area contributed by atoms with Gasteiger partial charge in [0.1, 0.15) is 5.65 Å². The van der Waals surface area contributed by atoms with Crippen molar-refractivity contribution in [2.45, 2.75) is 51.6 Å². The molecule has 8 heteroatoms. The molecule has 178 valence electrons. The van der Waals surface area contributed by atoms with Crippen molar-refractivity contribution in [1.29, 1.82) is 0 Å². The number of hydrogen-bond donors (Lipinski definition) is 1. The Morgan fingerprint density at radius 1 is 1.09 bits per heavy atom. The number of nitrogens with zero attached hydrogens (tertiary/aromatic N) is 3. The molecule has 3 heterocycles. The highest BCUT2D eigenvalue weighted by Crippen LogP contribution is 2.34. The first kappa shape index (κ1) is 22.5. The Bertz CT molecular complexity index is 1250. The molecule has 0 unspecified atom stereocenters. The zero-order chi connectivity index (χ0) is 23.8. The zero-order valence-corrected chi connectivity index (χ0v) is 18.8. The summed E-state index contributed by atoms with van der Waals surface area (Å²) in [5, 5.41) is 10.2. The van der Waals surface area contributed by atoms with Crippen LogP contribution in [0.5, 0.6) is 0 Å². The average Bonchev–Trinajstić information content (AvgIpc) is 3.15. The minimum Gasteiger partial charge on any atom is -0.481 e. The van der Waals surface area contributed by atoms with E-state index in [1.54, 1.807) is 12.3 Å². The Hall–Kier alpha value is -3.29. The molecule has 1 amide bonds. The summed E-state index contributed by atoms with van der Waals surface area (Å²) in [7, 11) is 0. The van der Waals surface area contributed by atoms with Crippen LogP contribution in [0.3, 0.4) is 0 Å². The average molecular weight is 468 g/mol. The van der Waals surface area contributed by atoms with Crippen LogP contribution in [0.25, 0.3) is 11.0 Å². The van der Waals surface area contributed by atoms with Gasteiger partial charge in [-0.3, -0.25) is 9.59 Å². The van der Waals surface area contributed by atoms with Crippen LogP contribution in [-0.4, -0.2) is 38.0 Å². The van der Waals surface area contributed by atoms with Crippen LogP contribution >= 0.6 is 0 Å². The monoisotopic (exact) mass is 467 g/mol. The fourth-order valence-electron chi connectivity index (χ4n) is 5.45. The van der Waals surface area contributed by atoms with Gasteiger partial charge in [-0.1, -0.05) is 6.07 Å². The number of fused-ring (bicyclic) bond motifs is 3. The van der Waals surface area contributed by atoms with Gasteiger partial charge in [-0.15, -0.1) is 0 Å². The molecule has 0 radical (unpaired) electrons. The van der Waals surface area contributed by atoms with Gasteiger partial charge in [0, 0.05) is 36.8 Å². The smallest absolute Gasteiger partial charge is 0.306 e. The van der Waals surface area contributed by atoms with Crippen molar-refractivity contribution in [2.75, 3.05) is 6.54 Å². The van der Waals surface area contributed by atoms with E-state index in [-0.39, 0.29) is 17.7 Å². The van der Waals surface area contributed by atoms with Crippen LogP contribution in [0.15, 0.2) is 36.5 Å². The van der Waals surface area contributed by atoms with E-state index in [0.717, 1.165) is 41.2 Å². The van der Waals surface area contributed by atoms with Crippen LogP contribution in [-0.2, 0) is 29.1 Å².